The van der Waals surface area contributed by atoms with Gasteiger partial charge in [0.2, 0.25) is 0 Å². The van der Waals surface area contributed by atoms with Crippen molar-refractivity contribution in [3.63, 3.8) is 0 Å². The van der Waals surface area contributed by atoms with Crippen molar-refractivity contribution in [1.29, 1.82) is 0 Å². The van der Waals surface area contributed by atoms with Crippen LogP contribution in [0, 0.1) is 10.1 Å². The van der Waals surface area contributed by atoms with E-state index in [9.17, 15) is 32.9 Å². The van der Waals surface area contributed by atoms with E-state index in [0.717, 1.165) is 6.07 Å². The first-order valence-electron chi connectivity index (χ1n) is 9.15. The summed E-state index contributed by atoms with van der Waals surface area (Å²) in [6.07, 6.45) is -4.98. The van der Waals surface area contributed by atoms with Crippen molar-refractivity contribution in [2.45, 2.75) is 6.18 Å². The molecule has 0 radical (unpaired) electrons. The molecule has 0 bridgehead atoms. The van der Waals surface area contributed by atoms with E-state index in [2.05, 4.69) is 10.6 Å². The topological polar surface area (TPSA) is 111 Å². The maximum atomic E-state index is 13.1. The largest absolute Gasteiger partial charge is 0.456 e. The van der Waals surface area contributed by atoms with Crippen molar-refractivity contribution in [2.24, 2.45) is 0 Å². The second-order valence-electron chi connectivity index (χ2n) is 6.57. The minimum Gasteiger partial charge on any atom is -0.456 e. The van der Waals surface area contributed by atoms with Crippen molar-refractivity contribution in [3.05, 3.63) is 92.0 Å². The van der Waals surface area contributed by atoms with Gasteiger partial charge in [0.25, 0.3) is 11.6 Å². The van der Waals surface area contributed by atoms with E-state index in [1.165, 1.54) is 30.3 Å². The minimum absolute atomic E-state index is 0.0817. The lowest BCUT2D eigenvalue weighted by Crippen LogP contribution is -2.34. The molecule has 0 saturated heterocycles. The fourth-order valence-corrected chi connectivity index (χ4v) is 3.17. The highest BCUT2D eigenvalue weighted by Crippen LogP contribution is 2.40. The number of anilines is 1. The third-order valence-electron chi connectivity index (χ3n) is 4.23. The molecule has 0 atom stereocenters. The molecule has 34 heavy (non-hydrogen) atoms. The van der Waals surface area contributed by atoms with Gasteiger partial charge in [0.1, 0.15) is 17.1 Å². The van der Waals surface area contributed by atoms with Gasteiger partial charge < -0.3 is 10.1 Å². The van der Waals surface area contributed by atoms with Gasteiger partial charge in [-0.15, -0.1) is 0 Å². The number of hydrogen-bond acceptors (Lipinski definition) is 5. The number of rotatable bonds is 5. The van der Waals surface area contributed by atoms with Crippen LogP contribution in [0.25, 0.3) is 0 Å². The molecule has 3 rings (SSSR count). The van der Waals surface area contributed by atoms with E-state index in [-0.39, 0.29) is 32.8 Å². The number of carbonyl (C=O) groups excluding carboxylic acids is 2. The molecule has 0 heterocycles. The SMILES string of the molecule is O=C(NC(=O)c1ccccc1Cl)Nc1ccc(Oc2ccc([N+](=O)[O-])c(C(F)(F)F)c2)c(Cl)c1. The summed E-state index contributed by atoms with van der Waals surface area (Å²) in [5, 5.41) is 15.4. The van der Waals surface area contributed by atoms with Gasteiger partial charge in [0.05, 0.1) is 20.5 Å². The van der Waals surface area contributed by atoms with Crippen LogP contribution in [0.15, 0.2) is 60.7 Å². The van der Waals surface area contributed by atoms with Crippen molar-refractivity contribution >= 4 is 46.5 Å². The Kier molecular flexibility index (Phi) is 7.28. The normalized spacial score (nSPS) is 11.0. The molecule has 0 aliphatic rings. The molecular weight excluding hydrogens is 502 g/mol. The molecule has 0 unspecified atom stereocenters. The number of benzene rings is 3. The van der Waals surface area contributed by atoms with Gasteiger partial charge in [-0.25, -0.2) is 4.79 Å². The van der Waals surface area contributed by atoms with E-state index in [0.29, 0.717) is 12.1 Å². The zero-order valence-electron chi connectivity index (χ0n) is 16.7. The summed E-state index contributed by atoms with van der Waals surface area (Å²) >= 11 is 12.0. The Morgan fingerprint density at radius 1 is 0.971 bits per heavy atom. The van der Waals surface area contributed by atoms with Gasteiger partial charge in [-0.05, 0) is 42.5 Å². The van der Waals surface area contributed by atoms with Crippen molar-refractivity contribution in [2.75, 3.05) is 5.32 Å². The molecule has 3 aromatic carbocycles. The number of carbonyl (C=O) groups is 2. The third kappa shape index (κ3) is 5.94. The minimum atomic E-state index is -4.98. The number of alkyl halides is 3. The standard InChI is InChI=1S/C21H12Cl2F3N3O5/c22-15-4-2-1-3-13(15)19(30)28-20(31)27-11-5-8-18(16(23)9-11)34-12-6-7-17(29(32)33)14(10-12)21(24,25)26/h1-10H,(H2,27,28,30,31). The van der Waals surface area contributed by atoms with Crippen LogP contribution in [0.2, 0.25) is 10.0 Å². The van der Waals surface area contributed by atoms with Crippen LogP contribution in [-0.2, 0) is 6.18 Å². The summed E-state index contributed by atoms with van der Waals surface area (Å²) < 4.78 is 44.7. The maximum absolute atomic E-state index is 13.1. The van der Waals surface area contributed by atoms with Crippen molar-refractivity contribution in [1.82, 2.24) is 5.32 Å². The number of ether oxygens (including phenoxy) is 1. The Hall–Kier alpha value is -3.83. The molecule has 0 saturated carbocycles. The lowest BCUT2D eigenvalue weighted by Gasteiger charge is -2.13. The predicted octanol–water partition coefficient (Wildman–Crippen LogP) is 6.67. The number of nitro groups is 1. The smallest absolute Gasteiger partial charge is 0.423 e. The fraction of sp³-hybridized carbons (Fsp3) is 0.0476. The Balaban J connectivity index is 1.72. The highest BCUT2D eigenvalue weighted by Gasteiger charge is 2.38. The van der Waals surface area contributed by atoms with Gasteiger partial charge in [0, 0.05) is 11.8 Å². The number of hydrogen-bond donors (Lipinski definition) is 2. The number of halogens is 5. The number of nitrogens with one attached hydrogen (secondary N) is 2. The number of amides is 3. The van der Waals surface area contributed by atoms with E-state index in [1.807, 2.05) is 0 Å². The van der Waals surface area contributed by atoms with Gasteiger partial charge >= 0.3 is 12.2 Å². The molecule has 0 aliphatic heterocycles. The Labute approximate surface area is 199 Å². The first-order chi connectivity index (χ1) is 16.0. The monoisotopic (exact) mass is 513 g/mol. The van der Waals surface area contributed by atoms with E-state index < -0.39 is 34.3 Å². The zero-order valence-corrected chi connectivity index (χ0v) is 18.2. The lowest BCUT2D eigenvalue weighted by molar-refractivity contribution is -0.388. The Morgan fingerprint density at radius 2 is 1.68 bits per heavy atom. The quantitative estimate of drug-likeness (QED) is 0.292. The third-order valence-corrected chi connectivity index (χ3v) is 4.86. The summed E-state index contributed by atoms with van der Waals surface area (Å²) in [5.74, 6) is -1.17. The van der Waals surface area contributed by atoms with Crippen molar-refractivity contribution in [3.8, 4) is 11.5 Å². The Bertz CT molecular complexity index is 1280. The summed E-state index contributed by atoms with van der Waals surface area (Å²) in [5.41, 5.74) is -2.38. The van der Waals surface area contributed by atoms with Gasteiger partial charge in [-0.1, -0.05) is 35.3 Å². The molecular formula is C21H12Cl2F3N3O5. The average molecular weight is 514 g/mol. The predicted molar refractivity (Wildman–Crippen MR) is 118 cm³/mol. The molecule has 3 amide bonds. The average Bonchev–Trinajstić information content (AvgIpc) is 2.75. The van der Waals surface area contributed by atoms with Crippen molar-refractivity contribution < 1.29 is 32.4 Å². The maximum Gasteiger partial charge on any atom is 0.423 e. The summed E-state index contributed by atoms with van der Waals surface area (Å²) in [4.78, 5) is 33.9. The molecule has 0 aliphatic carbocycles. The van der Waals surface area contributed by atoms with Crippen LogP contribution in [0.1, 0.15) is 15.9 Å². The highest BCUT2D eigenvalue weighted by molar-refractivity contribution is 6.34. The number of nitro benzene ring substituents is 1. The van der Waals surface area contributed by atoms with E-state index in [1.54, 1.807) is 12.1 Å². The lowest BCUT2D eigenvalue weighted by atomic mass is 10.1. The molecule has 176 valence electrons. The van der Waals surface area contributed by atoms with Crippen LogP contribution < -0.4 is 15.4 Å². The van der Waals surface area contributed by atoms with Crippen LogP contribution in [0.5, 0.6) is 11.5 Å². The summed E-state index contributed by atoms with van der Waals surface area (Å²) in [6.45, 7) is 0. The van der Waals surface area contributed by atoms with Crippen LogP contribution in [0.4, 0.5) is 29.3 Å². The van der Waals surface area contributed by atoms with E-state index in [4.69, 9.17) is 27.9 Å². The molecule has 8 nitrogen and oxygen atoms in total. The molecule has 2 N–H and O–H groups in total. The second-order valence-corrected chi connectivity index (χ2v) is 7.38. The van der Waals surface area contributed by atoms with E-state index >= 15 is 0 Å². The summed E-state index contributed by atoms with van der Waals surface area (Å²) in [6, 6.07) is 11.1. The van der Waals surface area contributed by atoms with Crippen LogP contribution in [0.3, 0.4) is 0 Å². The molecule has 3 aromatic rings. The number of imide groups is 1. The number of urea groups is 1. The highest BCUT2D eigenvalue weighted by atomic mass is 35.5. The molecule has 0 aromatic heterocycles. The van der Waals surface area contributed by atoms with Gasteiger partial charge in [-0.2, -0.15) is 13.2 Å². The van der Waals surface area contributed by atoms with Crippen LogP contribution in [-0.4, -0.2) is 16.9 Å². The van der Waals surface area contributed by atoms with Gasteiger partial charge in [-0.3, -0.25) is 20.2 Å². The first kappa shape index (κ1) is 24.8. The Morgan fingerprint density at radius 3 is 2.29 bits per heavy atom. The summed E-state index contributed by atoms with van der Waals surface area (Å²) in [7, 11) is 0. The van der Waals surface area contributed by atoms with Crippen LogP contribution >= 0.6 is 23.2 Å². The number of nitrogens with zero attached hydrogens (tertiary/aromatic N) is 1. The van der Waals surface area contributed by atoms with Gasteiger partial charge in [0.15, 0.2) is 0 Å². The zero-order chi connectivity index (χ0) is 25.0. The second kappa shape index (κ2) is 9.98. The molecule has 0 fully saturated rings. The first-order valence-corrected chi connectivity index (χ1v) is 9.91. The fourth-order valence-electron chi connectivity index (χ4n) is 2.73. The molecule has 0 spiro atoms. The molecule has 13 heteroatoms.